The lowest BCUT2D eigenvalue weighted by molar-refractivity contribution is 0.485. The molecule has 0 aliphatic heterocycles. The van der Waals surface area contributed by atoms with Gasteiger partial charge < -0.3 is 4.42 Å². The van der Waals surface area contributed by atoms with E-state index >= 15 is 0 Å². The minimum absolute atomic E-state index is 0.448. The molecule has 0 bridgehead atoms. The molecule has 0 spiro atoms. The summed E-state index contributed by atoms with van der Waals surface area (Å²) in [5.41, 5.74) is 0.732. The zero-order chi connectivity index (χ0) is 17.9. The molecule has 0 saturated carbocycles. The summed E-state index contributed by atoms with van der Waals surface area (Å²) in [6.07, 6.45) is 4.99. The van der Waals surface area contributed by atoms with Gasteiger partial charge in [0.1, 0.15) is 5.76 Å². The molecule has 0 saturated heterocycles. The van der Waals surface area contributed by atoms with Crippen molar-refractivity contribution in [2.45, 2.75) is 16.9 Å². The number of hydrogen-bond donors (Lipinski definition) is 0. The van der Waals surface area contributed by atoms with Crippen molar-refractivity contribution in [2.75, 3.05) is 0 Å². The topological polar surface area (TPSA) is 69.6 Å². The number of aromatic nitrogens is 5. The lowest BCUT2D eigenvalue weighted by Gasteiger charge is -2.09. The fourth-order valence-corrected chi connectivity index (χ4v) is 3.58. The summed E-state index contributed by atoms with van der Waals surface area (Å²) in [4.78, 5) is 8.45. The molecule has 1 aromatic carbocycles. The third-order valence-electron chi connectivity index (χ3n) is 3.51. The molecule has 0 radical (unpaired) electrons. The summed E-state index contributed by atoms with van der Waals surface area (Å²) < 4.78 is 7.39. The molecule has 3 aromatic heterocycles. The Hall–Kier alpha value is -2.35. The van der Waals surface area contributed by atoms with Crippen molar-refractivity contribution < 1.29 is 4.42 Å². The predicted octanol–water partition coefficient (Wildman–Crippen LogP) is 4.83. The fourth-order valence-electron chi connectivity index (χ4n) is 2.35. The van der Waals surface area contributed by atoms with Gasteiger partial charge in [0.25, 0.3) is 0 Å². The van der Waals surface area contributed by atoms with Crippen LogP contribution < -0.4 is 0 Å². The van der Waals surface area contributed by atoms with E-state index < -0.39 is 0 Å². The van der Waals surface area contributed by atoms with E-state index in [1.165, 1.54) is 11.8 Å². The first-order chi connectivity index (χ1) is 12.7. The third kappa shape index (κ3) is 3.60. The Balaban J connectivity index is 1.78. The van der Waals surface area contributed by atoms with E-state index in [1.807, 2.05) is 22.8 Å². The largest absolute Gasteiger partial charge is 0.467 e. The van der Waals surface area contributed by atoms with Crippen LogP contribution in [-0.4, -0.2) is 24.7 Å². The quantitative estimate of drug-likeness (QED) is 0.444. The number of nitrogens with zero attached hydrogens (tertiary/aromatic N) is 5. The van der Waals surface area contributed by atoms with Gasteiger partial charge in [-0.1, -0.05) is 23.2 Å². The van der Waals surface area contributed by atoms with Crippen LogP contribution in [0.4, 0.5) is 0 Å². The van der Waals surface area contributed by atoms with Gasteiger partial charge in [-0.3, -0.25) is 4.57 Å². The van der Waals surface area contributed by atoms with Crippen LogP contribution in [0.1, 0.15) is 5.76 Å². The molecule has 3 heterocycles. The Labute approximate surface area is 163 Å². The molecular formula is C17H11Cl2N5OS. The van der Waals surface area contributed by atoms with Gasteiger partial charge in [0.15, 0.2) is 16.1 Å². The van der Waals surface area contributed by atoms with Gasteiger partial charge >= 0.3 is 0 Å². The molecule has 4 aromatic rings. The van der Waals surface area contributed by atoms with E-state index in [1.54, 1.807) is 36.9 Å². The van der Waals surface area contributed by atoms with Crippen molar-refractivity contribution in [3.8, 4) is 11.4 Å². The highest BCUT2D eigenvalue weighted by Crippen LogP contribution is 2.33. The van der Waals surface area contributed by atoms with Crippen molar-refractivity contribution in [1.29, 1.82) is 0 Å². The van der Waals surface area contributed by atoms with Gasteiger partial charge in [0.2, 0.25) is 0 Å². The third-order valence-corrected chi connectivity index (χ3v) is 4.93. The monoisotopic (exact) mass is 403 g/mol. The molecule has 0 atom stereocenters. The highest BCUT2D eigenvalue weighted by molar-refractivity contribution is 7.99. The van der Waals surface area contributed by atoms with Gasteiger partial charge in [0, 0.05) is 23.0 Å². The molecule has 0 amide bonds. The molecule has 6 nitrogen and oxygen atoms in total. The summed E-state index contributed by atoms with van der Waals surface area (Å²) in [6.45, 7) is 0.448. The number of rotatable bonds is 5. The number of hydrogen-bond acceptors (Lipinski definition) is 6. The Bertz CT molecular complexity index is 1020. The summed E-state index contributed by atoms with van der Waals surface area (Å²) in [7, 11) is 0. The fraction of sp³-hybridized carbons (Fsp3) is 0.0588. The van der Waals surface area contributed by atoms with E-state index in [-0.39, 0.29) is 0 Å². The normalized spacial score (nSPS) is 11.0. The smallest absolute Gasteiger partial charge is 0.199 e. The maximum Gasteiger partial charge on any atom is 0.199 e. The SMILES string of the molecule is Clc1ccc(-c2nnc(Sc3ncccn3)n2Cc2ccco2)c(Cl)c1. The van der Waals surface area contributed by atoms with Crippen molar-refractivity contribution >= 4 is 35.0 Å². The predicted molar refractivity (Wildman–Crippen MR) is 99.4 cm³/mol. The van der Waals surface area contributed by atoms with Crippen LogP contribution in [0.25, 0.3) is 11.4 Å². The number of furan rings is 1. The summed E-state index contributed by atoms with van der Waals surface area (Å²) in [6, 6.07) is 10.7. The lowest BCUT2D eigenvalue weighted by atomic mass is 10.2. The van der Waals surface area contributed by atoms with Gasteiger partial charge in [-0.05, 0) is 48.2 Å². The zero-order valence-electron chi connectivity index (χ0n) is 13.2. The Morgan fingerprint density at radius 1 is 1.04 bits per heavy atom. The van der Waals surface area contributed by atoms with Crippen LogP contribution in [0.2, 0.25) is 10.0 Å². The number of benzene rings is 1. The average molecular weight is 404 g/mol. The summed E-state index contributed by atoms with van der Waals surface area (Å²) >= 11 is 13.7. The maximum atomic E-state index is 6.37. The average Bonchev–Trinajstić information content (AvgIpc) is 3.28. The van der Waals surface area contributed by atoms with Crippen LogP contribution >= 0.6 is 35.0 Å². The van der Waals surface area contributed by atoms with Crippen LogP contribution in [-0.2, 0) is 6.54 Å². The maximum absolute atomic E-state index is 6.37. The van der Waals surface area contributed by atoms with Crippen LogP contribution in [0, 0.1) is 0 Å². The standard InChI is InChI=1S/C17H11Cl2N5OS/c18-11-4-5-13(14(19)9-11)15-22-23-17(26-16-20-6-2-7-21-16)24(15)10-12-3-1-8-25-12/h1-9H,10H2. The van der Waals surface area contributed by atoms with E-state index in [4.69, 9.17) is 27.6 Å². The van der Waals surface area contributed by atoms with Gasteiger partial charge in [-0.2, -0.15) is 0 Å². The van der Waals surface area contributed by atoms with Gasteiger partial charge in [-0.25, -0.2) is 9.97 Å². The minimum Gasteiger partial charge on any atom is -0.467 e. The van der Waals surface area contributed by atoms with Crippen molar-refractivity contribution in [3.63, 3.8) is 0 Å². The van der Waals surface area contributed by atoms with Crippen molar-refractivity contribution in [2.24, 2.45) is 0 Å². The van der Waals surface area contributed by atoms with Gasteiger partial charge in [0.05, 0.1) is 17.8 Å². The van der Waals surface area contributed by atoms with Crippen LogP contribution in [0.3, 0.4) is 0 Å². The second-order valence-electron chi connectivity index (χ2n) is 5.23. The highest BCUT2D eigenvalue weighted by atomic mass is 35.5. The Kier molecular flexibility index (Phi) is 4.92. The Morgan fingerprint density at radius 2 is 1.88 bits per heavy atom. The molecule has 26 heavy (non-hydrogen) atoms. The van der Waals surface area contributed by atoms with Crippen LogP contribution in [0.5, 0.6) is 0 Å². The van der Waals surface area contributed by atoms with Crippen molar-refractivity contribution in [3.05, 3.63) is 70.9 Å². The molecule has 130 valence electrons. The highest BCUT2D eigenvalue weighted by Gasteiger charge is 2.19. The van der Waals surface area contributed by atoms with E-state index in [0.29, 0.717) is 32.7 Å². The minimum atomic E-state index is 0.448. The van der Waals surface area contributed by atoms with Crippen molar-refractivity contribution in [1.82, 2.24) is 24.7 Å². The molecule has 0 aliphatic rings. The molecule has 0 N–H and O–H groups in total. The molecule has 0 unspecified atom stereocenters. The van der Waals surface area contributed by atoms with E-state index in [2.05, 4.69) is 20.2 Å². The molecule has 9 heteroatoms. The second kappa shape index (κ2) is 7.49. The first kappa shape index (κ1) is 17.1. The van der Waals surface area contributed by atoms with Gasteiger partial charge in [-0.15, -0.1) is 10.2 Å². The molecule has 4 rings (SSSR count). The van der Waals surface area contributed by atoms with E-state index in [0.717, 1.165) is 11.3 Å². The number of halogens is 2. The molecule has 0 fully saturated rings. The molecule has 0 aliphatic carbocycles. The first-order valence-electron chi connectivity index (χ1n) is 7.56. The first-order valence-corrected chi connectivity index (χ1v) is 9.14. The second-order valence-corrected chi connectivity index (χ2v) is 7.01. The van der Waals surface area contributed by atoms with Crippen LogP contribution in [0.15, 0.2) is 69.8 Å². The van der Waals surface area contributed by atoms with E-state index in [9.17, 15) is 0 Å². The summed E-state index contributed by atoms with van der Waals surface area (Å²) in [5.74, 6) is 1.38. The summed E-state index contributed by atoms with van der Waals surface area (Å²) in [5, 5.41) is 10.9. The zero-order valence-corrected chi connectivity index (χ0v) is 15.5. The lowest BCUT2D eigenvalue weighted by Crippen LogP contribution is -2.04. The molecular weight excluding hydrogens is 393 g/mol. The Morgan fingerprint density at radius 3 is 2.62 bits per heavy atom.